The van der Waals surface area contributed by atoms with Crippen LogP contribution in [0.4, 0.5) is 17.6 Å². The molecule has 0 bridgehead atoms. The molecule has 0 radical (unpaired) electrons. The Morgan fingerprint density at radius 2 is 1.88 bits per heavy atom. The van der Waals surface area contributed by atoms with Gasteiger partial charge in [0.25, 0.3) is 0 Å². The van der Waals surface area contributed by atoms with Crippen LogP contribution < -0.4 is 4.74 Å². The fraction of sp³-hybridized carbons (Fsp3) is 0.227. The Bertz CT molecular complexity index is 1360. The number of carboxylic acid groups (broad SMARTS) is 1. The van der Waals surface area contributed by atoms with Gasteiger partial charge in [-0.3, -0.25) is 4.79 Å². The molecule has 0 saturated carbocycles. The third kappa shape index (κ3) is 4.83. The lowest BCUT2D eigenvalue weighted by Gasteiger charge is -2.09. The number of fused-ring (bicyclic) bond motifs is 1. The molecule has 1 N–H and O–H groups in total. The number of aryl methyl sites for hydroxylation is 2. The SMILES string of the molecule is Cc1nc(-c2ccc(C(F)(F)F)c(F)c2)sc1COc1ccc2nc(CC(=O)O)sc2c1C. The Balaban J connectivity index is 1.54. The largest absolute Gasteiger partial charge is 0.488 e. The molecule has 0 spiro atoms. The average Bonchev–Trinajstić information content (AvgIpc) is 3.29. The third-order valence-electron chi connectivity index (χ3n) is 4.88. The standard InChI is InChI=1S/C22H16F4N2O3S2/c1-10-16(6-5-15-20(10)33-18(28-15)8-19(29)30)31-9-17-11(2)27-21(32-17)12-3-4-13(14(23)7-12)22(24,25)26/h3-7H,8-9H2,1-2H3,(H,29,30). The number of carbonyl (C=O) groups is 1. The number of aliphatic carboxylic acids is 1. The van der Waals surface area contributed by atoms with Crippen molar-refractivity contribution in [2.24, 2.45) is 0 Å². The maximum Gasteiger partial charge on any atom is 0.419 e. The summed E-state index contributed by atoms with van der Waals surface area (Å²) in [7, 11) is 0. The highest BCUT2D eigenvalue weighted by Crippen LogP contribution is 2.36. The second-order valence-corrected chi connectivity index (χ2v) is 9.39. The van der Waals surface area contributed by atoms with Crippen LogP contribution in [0, 0.1) is 19.7 Å². The number of benzene rings is 2. The Hall–Kier alpha value is -3.05. The lowest BCUT2D eigenvalue weighted by molar-refractivity contribution is -0.140. The maximum absolute atomic E-state index is 13.9. The molecule has 0 fully saturated rings. The summed E-state index contributed by atoms with van der Waals surface area (Å²) in [6.45, 7) is 3.77. The molecule has 0 unspecified atom stereocenters. The number of hydrogen-bond acceptors (Lipinski definition) is 6. The van der Waals surface area contributed by atoms with Crippen LogP contribution in [-0.4, -0.2) is 21.0 Å². The molecule has 2 heterocycles. The van der Waals surface area contributed by atoms with Gasteiger partial charge in [0.05, 0.1) is 32.8 Å². The van der Waals surface area contributed by atoms with E-state index in [2.05, 4.69) is 9.97 Å². The quantitative estimate of drug-likeness (QED) is 0.313. The van der Waals surface area contributed by atoms with Crippen molar-refractivity contribution in [3.8, 4) is 16.3 Å². The minimum atomic E-state index is -4.76. The van der Waals surface area contributed by atoms with Gasteiger partial charge in [-0.1, -0.05) is 6.07 Å². The fourth-order valence-corrected chi connectivity index (χ4v) is 5.24. The summed E-state index contributed by atoms with van der Waals surface area (Å²) in [6, 6.07) is 6.26. The van der Waals surface area contributed by atoms with E-state index < -0.39 is 23.5 Å². The van der Waals surface area contributed by atoms with E-state index in [9.17, 15) is 22.4 Å². The van der Waals surface area contributed by atoms with E-state index in [1.165, 1.54) is 28.7 Å². The molecule has 172 valence electrons. The zero-order chi connectivity index (χ0) is 23.9. The number of ether oxygens (including phenoxy) is 1. The van der Waals surface area contributed by atoms with Crippen LogP contribution in [-0.2, 0) is 24.0 Å². The maximum atomic E-state index is 13.9. The highest BCUT2D eigenvalue weighted by atomic mass is 32.1. The van der Waals surface area contributed by atoms with Crippen LogP contribution in [0.15, 0.2) is 30.3 Å². The van der Waals surface area contributed by atoms with E-state index in [0.29, 0.717) is 33.0 Å². The Morgan fingerprint density at radius 1 is 1.12 bits per heavy atom. The number of nitrogens with zero attached hydrogens (tertiary/aromatic N) is 2. The topological polar surface area (TPSA) is 72.3 Å². The van der Waals surface area contributed by atoms with Gasteiger partial charge < -0.3 is 9.84 Å². The summed E-state index contributed by atoms with van der Waals surface area (Å²) >= 11 is 2.51. The second-order valence-electron chi connectivity index (χ2n) is 7.22. The predicted molar refractivity (Wildman–Crippen MR) is 117 cm³/mol. The normalized spacial score (nSPS) is 11.8. The van der Waals surface area contributed by atoms with E-state index >= 15 is 0 Å². The van der Waals surface area contributed by atoms with Gasteiger partial charge in [0.1, 0.15) is 28.2 Å². The van der Waals surface area contributed by atoms with Gasteiger partial charge in [-0.05, 0) is 38.1 Å². The number of aromatic nitrogens is 2. The molecule has 4 aromatic rings. The summed E-state index contributed by atoms with van der Waals surface area (Å²) in [4.78, 5) is 20.4. The first-order chi connectivity index (χ1) is 15.5. The van der Waals surface area contributed by atoms with Gasteiger partial charge in [-0.15, -0.1) is 22.7 Å². The van der Waals surface area contributed by atoms with Crippen LogP contribution >= 0.6 is 22.7 Å². The van der Waals surface area contributed by atoms with Crippen molar-refractivity contribution in [3.05, 3.63) is 62.9 Å². The summed E-state index contributed by atoms with van der Waals surface area (Å²) in [5, 5.41) is 9.87. The van der Waals surface area contributed by atoms with E-state index in [1.807, 2.05) is 6.92 Å². The zero-order valence-corrected chi connectivity index (χ0v) is 18.9. The smallest absolute Gasteiger partial charge is 0.419 e. The molecule has 0 amide bonds. The van der Waals surface area contributed by atoms with Crippen LogP contribution in [0.3, 0.4) is 0 Å². The van der Waals surface area contributed by atoms with E-state index in [-0.39, 0.29) is 18.6 Å². The molecule has 5 nitrogen and oxygen atoms in total. The number of carboxylic acids is 1. The van der Waals surface area contributed by atoms with Gasteiger partial charge in [-0.25, -0.2) is 14.4 Å². The zero-order valence-electron chi connectivity index (χ0n) is 17.3. The highest BCUT2D eigenvalue weighted by molar-refractivity contribution is 7.18. The van der Waals surface area contributed by atoms with E-state index in [0.717, 1.165) is 21.2 Å². The molecule has 2 aromatic carbocycles. The van der Waals surface area contributed by atoms with Crippen molar-refractivity contribution in [1.82, 2.24) is 9.97 Å². The predicted octanol–water partition coefficient (Wildman–Crippen LogP) is 6.40. The number of rotatable bonds is 6. The molecule has 4 rings (SSSR count). The Kier molecular flexibility index (Phi) is 6.10. The molecular weight excluding hydrogens is 480 g/mol. The molecule has 11 heteroatoms. The molecule has 0 atom stereocenters. The second kappa shape index (κ2) is 8.71. The average molecular weight is 497 g/mol. The fourth-order valence-electron chi connectivity index (χ4n) is 3.22. The summed E-state index contributed by atoms with van der Waals surface area (Å²) in [5.41, 5.74) is 1.10. The molecule has 0 aliphatic rings. The van der Waals surface area contributed by atoms with E-state index in [4.69, 9.17) is 9.84 Å². The van der Waals surface area contributed by atoms with Crippen molar-refractivity contribution in [3.63, 3.8) is 0 Å². The van der Waals surface area contributed by atoms with Gasteiger partial charge in [0.15, 0.2) is 0 Å². The van der Waals surface area contributed by atoms with Gasteiger partial charge in [-0.2, -0.15) is 13.2 Å². The van der Waals surface area contributed by atoms with Gasteiger partial charge in [0, 0.05) is 11.1 Å². The number of thiazole rings is 2. The molecule has 0 aliphatic heterocycles. The monoisotopic (exact) mass is 496 g/mol. The first-order valence-electron chi connectivity index (χ1n) is 9.60. The van der Waals surface area contributed by atoms with Crippen LogP contribution in [0.1, 0.15) is 26.7 Å². The van der Waals surface area contributed by atoms with Crippen molar-refractivity contribution < 1.29 is 32.2 Å². The van der Waals surface area contributed by atoms with E-state index in [1.54, 1.807) is 19.1 Å². The van der Waals surface area contributed by atoms with Crippen molar-refractivity contribution in [2.75, 3.05) is 0 Å². The van der Waals surface area contributed by atoms with Gasteiger partial charge in [0.2, 0.25) is 0 Å². The van der Waals surface area contributed by atoms with Crippen LogP contribution in [0.25, 0.3) is 20.8 Å². The lowest BCUT2D eigenvalue weighted by atomic mass is 10.1. The van der Waals surface area contributed by atoms with Crippen molar-refractivity contribution in [1.29, 1.82) is 0 Å². The summed E-state index contributed by atoms with van der Waals surface area (Å²) in [6.07, 6.45) is -4.91. The molecular formula is C22H16F4N2O3S2. The number of hydrogen-bond donors (Lipinski definition) is 1. The first kappa shape index (κ1) is 23.1. The Morgan fingerprint density at radius 3 is 2.55 bits per heavy atom. The first-order valence-corrected chi connectivity index (χ1v) is 11.2. The van der Waals surface area contributed by atoms with Crippen molar-refractivity contribution in [2.45, 2.75) is 33.1 Å². The molecule has 0 saturated heterocycles. The molecule has 33 heavy (non-hydrogen) atoms. The summed E-state index contributed by atoms with van der Waals surface area (Å²) in [5.74, 6) is -1.70. The van der Waals surface area contributed by atoms with Crippen LogP contribution in [0.5, 0.6) is 5.75 Å². The van der Waals surface area contributed by atoms with Crippen molar-refractivity contribution >= 4 is 38.9 Å². The van der Waals surface area contributed by atoms with Gasteiger partial charge >= 0.3 is 12.1 Å². The Labute approximate surface area is 193 Å². The summed E-state index contributed by atoms with van der Waals surface area (Å²) < 4.78 is 59.1. The van der Waals surface area contributed by atoms with Crippen LogP contribution in [0.2, 0.25) is 0 Å². The number of alkyl halides is 3. The molecule has 0 aliphatic carbocycles. The minimum Gasteiger partial charge on any atom is -0.488 e. The minimum absolute atomic E-state index is 0.150. The highest BCUT2D eigenvalue weighted by Gasteiger charge is 2.34. The number of halogens is 4. The third-order valence-corrected chi connectivity index (χ3v) is 7.25. The lowest BCUT2D eigenvalue weighted by Crippen LogP contribution is -2.07. The molecule has 2 aromatic heterocycles.